The molecule has 2 aliphatic rings. The first-order valence-corrected chi connectivity index (χ1v) is 15.5. The van der Waals surface area contributed by atoms with Crippen molar-refractivity contribution < 1.29 is 24.6 Å². The maximum absolute atomic E-state index is 12.9. The number of fused-ring (bicyclic) bond motifs is 2. The SMILES string of the molecule is CCN(CC)C(=O)c1ccc(N(c2ccccc2)C2C[C@H]3CC[C@@H](C2)N3CCc2ccccc2)cc1.O=C(O)/C=C/C(=O)O. The van der Waals surface area contributed by atoms with E-state index in [9.17, 15) is 14.4 Å². The molecule has 2 bridgehead atoms. The molecule has 5 rings (SSSR count). The Morgan fingerprint density at radius 3 is 1.75 bits per heavy atom. The zero-order valence-corrected chi connectivity index (χ0v) is 25.6. The van der Waals surface area contributed by atoms with Gasteiger partial charge in [0.2, 0.25) is 0 Å². The van der Waals surface area contributed by atoms with Gasteiger partial charge in [0.25, 0.3) is 5.91 Å². The highest BCUT2D eigenvalue weighted by atomic mass is 16.4. The molecule has 0 saturated carbocycles. The molecular formula is C36H43N3O5. The van der Waals surface area contributed by atoms with Gasteiger partial charge in [-0.05, 0) is 87.9 Å². The van der Waals surface area contributed by atoms with Crippen molar-refractivity contribution in [2.75, 3.05) is 24.5 Å². The van der Waals surface area contributed by atoms with Crippen LogP contribution in [0.1, 0.15) is 55.5 Å². The van der Waals surface area contributed by atoms with Crippen LogP contribution in [0.25, 0.3) is 0 Å². The van der Waals surface area contributed by atoms with E-state index in [0.29, 0.717) is 30.3 Å². The Morgan fingerprint density at radius 1 is 0.750 bits per heavy atom. The average molecular weight is 598 g/mol. The van der Waals surface area contributed by atoms with E-state index < -0.39 is 11.9 Å². The lowest BCUT2D eigenvalue weighted by atomic mass is 9.94. The number of hydrogen-bond acceptors (Lipinski definition) is 5. The Labute approximate surface area is 260 Å². The molecule has 8 heteroatoms. The van der Waals surface area contributed by atoms with E-state index in [1.54, 1.807) is 0 Å². The summed E-state index contributed by atoms with van der Waals surface area (Å²) in [6.45, 7) is 6.69. The number of nitrogens with zero attached hydrogens (tertiary/aromatic N) is 3. The minimum Gasteiger partial charge on any atom is -0.478 e. The first-order valence-electron chi connectivity index (χ1n) is 15.5. The topological polar surface area (TPSA) is 101 Å². The maximum Gasteiger partial charge on any atom is 0.328 e. The maximum atomic E-state index is 12.9. The summed E-state index contributed by atoms with van der Waals surface area (Å²) in [6.07, 6.45) is 7.21. The van der Waals surface area contributed by atoms with Crippen LogP contribution in [0.15, 0.2) is 97.1 Å². The number of rotatable bonds is 11. The van der Waals surface area contributed by atoms with Crippen molar-refractivity contribution in [3.8, 4) is 0 Å². The molecule has 3 atom stereocenters. The molecule has 2 saturated heterocycles. The molecule has 0 aliphatic carbocycles. The molecule has 232 valence electrons. The second kappa shape index (κ2) is 15.9. The number of aliphatic carboxylic acids is 2. The van der Waals surface area contributed by atoms with Gasteiger partial charge in [-0.15, -0.1) is 0 Å². The highest BCUT2D eigenvalue weighted by Crippen LogP contribution is 2.41. The van der Waals surface area contributed by atoms with Crippen molar-refractivity contribution in [3.05, 3.63) is 108 Å². The van der Waals surface area contributed by atoms with Gasteiger partial charge in [0.15, 0.2) is 0 Å². The number of piperidine rings is 1. The van der Waals surface area contributed by atoms with Crippen LogP contribution in [0.4, 0.5) is 11.4 Å². The Hall–Kier alpha value is -4.43. The highest BCUT2D eigenvalue weighted by Gasteiger charge is 2.42. The normalized spacial score (nSPS) is 19.2. The molecule has 0 radical (unpaired) electrons. The lowest BCUT2D eigenvalue weighted by molar-refractivity contribution is -0.134. The standard InChI is InChI=1S/C32H39N3O.C4H4O4/c1-3-33(4-2)32(36)26-15-17-28(18-16-26)35(27-13-9-6-10-14-27)31-23-29-19-20-30(24-31)34(29)22-21-25-11-7-5-8-12-25;5-3(6)1-2-4(7)8/h5-18,29-31H,3-4,19-24H2,1-2H3;1-2H,(H,5,6)(H,7,8)/b;2-1+/t29-,30+,31?;. The van der Waals surface area contributed by atoms with Crippen molar-refractivity contribution >= 4 is 29.2 Å². The van der Waals surface area contributed by atoms with Gasteiger partial charge in [-0.2, -0.15) is 0 Å². The van der Waals surface area contributed by atoms with Crippen molar-refractivity contribution in [1.82, 2.24) is 9.80 Å². The summed E-state index contributed by atoms with van der Waals surface area (Å²) in [4.78, 5) is 39.2. The van der Waals surface area contributed by atoms with Gasteiger partial charge in [0.05, 0.1) is 0 Å². The molecule has 2 fully saturated rings. The van der Waals surface area contributed by atoms with Gasteiger partial charge < -0.3 is 20.0 Å². The number of anilines is 2. The molecule has 2 aliphatic heterocycles. The van der Waals surface area contributed by atoms with Crippen molar-refractivity contribution in [3.63, 3.8) is 0 Å². The van der Waals surface area contributed by atoms with Crippen molar-refractivity contribution in [2.24, 2.45) is 0 Å². The Morgan fingerprint density at radius 2 is 1.25 bits per heavy atom. The van der Waals surface area contributed by atoms with Crippen LogP contribution in [0.2, 0.25) is 0 Å². The molecule has 3 aromatic rings. The van der Waals surface area contributed by atoms with Crippen LogP contribution in [0.3, 0.4) is 0 Å². The van der Waals surface area contributed by atoms with E-state index in [1.807, 2.05) is 30.9 Å². The summed E-state index contributed by atoms with van der Waals surface area (Å²) < 4.78 is 0. The summed E-state index contributed by atoms with van der Waals surface area (Å²) >= 11 is 0. The van der Waals surface area contributed by atoms with Crippen molar-refractivity contribution in [2.45, 2.75) is 64.1 Å². The second-order valence-corrected chi connectivity index (χ2v) is 11.2. The molecule has 2 N–H and O–H groups in total. The smallest absolute Gasteiger partial charge is 0.328 e. The summed E-state index contributed by atoms with van der Waals surface area (Å²) in [6, 6.07) is 31.7. The fourth-order valence-corrected chi connectivity index (χ4v) is 6.48. The number of carboxylic acids is 2. The van der Waals surface area contributed by atoms with Gasteiger partial charge in [-0.1, -0.05) is 48.5 Å². The number of para-hydroxylation sites is 1. The summed E-state index contributed by atoms with van der Waals surface area (Å²) in [7, 11) is 0. The minimum atomic E-state index is -1.26. The number of hydrogen-bond donors (Lipinski definition) is 2. The largest absolute Gasteiger partial charge is 0.478 e. The fraction of sp³-hybridized carbons (Fsp3) is 0.361. The molecule has 3 aromatic carbocycles. The number of carbonyl (C=O) groups excluding carboxylic acids is 1. The molecule has 0 aromatic heterocycles. The van der Waals surface area contributed by atoms with Crippen LogP contribution in [-0.2, 0) is 16.0 Å². The number of carbonyl (C=O) groups is 3. The molecular weight excluding hydrogens is 554 g/mol. The first kappa shape index (κ1) is 32.5. The van der Waals surface area contributed by atoms with Gasteiger partial charge in [0.1, 0.15) is 0 Å². The zero-order valence-electron chi connectivity index (χ0n) is 25.6. The number of amides is 1. The van der Waals surface area contributed by atoms with Gasteiger partial charge in [-0.3, -0.25) is 9.69 Å². The van der Waals surface area contributed by atoms with E-state index >= 15 is 0 Å². The molecule has 2 heterocycles. The van der Waals surface area contributed by atoms with E-state index in [4.69, 9.17) is 10.2 Å². The predicted octanol–water partition coefficient (Wildman–Crippen LogP) is 6.26. The van der Waals surface area contributed by atoms with E-state index in [-0.39, 0.29) is 5.91 Å². The minimum absolute atomic E-state index is 0.113. The van der Waals surface area contributed by atoms with E-state index in [0.717, 1.165) is 31.6 Å². The summed E-state index contributed by atoms with van der Waals surface area (Å²) in [5, 5.41) is 15.6. The lowest BCUT2D eigenvalue weighted by Crippen LogP contribution is -2.50. The van der Waals surface area contributed by atoms with E-state index in [1.165, 1.54) is 42.6 Å². The number of carboxylic acid groups (broad SMARTS) is 2. The summed E-state index contributed by atoms with van der Waals surface area (Å²) in [5.74, 6) is -2.40. The third-order valence-corrected chi connectivity index (χ3v) is 8.57. The van der Waals surface area contributed by atoms with Crippen LogP contribution >= 0.6 is 0 Å². The molecule has 1 unspecified atom stereocenters. The van der Waals surface area contributed by atoms with E-state index in [2.05, 4.69) is 82.6 Å². The third kappa shape index (κ3) is 8.57. The number of benzene rings is 3. The van der Waals surface area contributed by atoms with Crippen molar-refractivity contribution in [1.29, 1.82) is 0 Å². The van der Waals surface area contributed by atoms with Crippen LogP contribution in [0, 0.1) is 0 Å². The van der Waals surface area contributed by atoms with Crippen LogP contribution in [-0.4, -0.2) is 75.6 Å². The summed E-state index contributed by atoms with van der Waals surface area (Å²) in [5.41, 5.74) is 4.62. The Bertz CT molecular complexity index is 1360. The first-order chi connectivity index (χ1) is 21.3. The Balaban J connectivity index is 0.000000488. The second-order valence-electron chi connectivity index (χ2n) is 11.2. The zero-order chi connectivity index (χ0) is 31.5. The van der Waals surface area contributed by atoms with Gasteiger partial charge in [0, 0.05) is 66.9 Å². The quantitative estimate of drug-likeness (QED) is 0.252. The molecule has 44 heavy (non-hydrogen) atoms. The van der Waals surface area contributed by atoms with Crippen LogP contribution < -0.4 is 4.90 Å². The van der Waals surface area contributed by atoms with Gasteiger partial charge >= 0.3 is 11.9 Å². The monoisotopic (exact) mass is 597 g/mol. The average Bonchev–Trinajstić information content (AvgIpc) is 3.28. The lowest BCUT2D eigenvalue weighted by Gasteiger charge is -2.44. The molecule has 8 nitrogen and oxygen atoms in total. The van der Waals surface area contributed by atoms with Gasteiger partial charge in [-0.25, -0.2) is 9.59 Å². The highest BCUT2D eigenvalue weighted by molar-refractivity contribution is 5.94. The van der Waals surface area contributed by atoms with Crippen LogP contribution in [0.5, 0.6) is 0 Å². The molecule has 1 amide bonds. The molecule has 0 spiro atoms. The predicted molar refractivity (Wildman–Crippen MR) is 173 cm³/mol. The third-order valence-electron chi connectivity index (χ3n) is 8.57. The fourth-order valence-electron chi connectivity index (χ4n) is 6.48. The Kier molecular flexibility index (Phi) is 11.7.